The summed E-state index contributed by atoms with van der Waals surface area (Å²) in [6, 6.07) is 11.4. The molecule has 0 spiro atoms. The van der Waals surface area contributed by atoms with Gasteiger partial charge in [0, 0.05) is 30.8 Å². The molecule has 0 saturated heterocycles. The van der Waals surface area contributed by atoms with Gasteiger partial charge in [-0.1, -0.05) is 25.1 Å². The Hall–Kier alpha value is -3.42. The molecule has 2 aromatic carbocycles. The second-order valence-electron chi connectivity index (χ2n) is 6.94. The zero-order chi connectivity index (χ0) is 21.0. The summed E-state index contributed by atoms with van der Waals surface area (Å²) in [7, 11) is 3.04. The fourth-order valence-corrected chi connectivity index (χ4v) is 2.66. The van der Waals surface area contributed by atoms with E-state index in [0.717, 1.165) is 5.56 Å². The maximum absolute atomic E-state index is 13.8. The molecule has 0 fully saturated rings. The van der Waals surface area contributed by atoms with Gasteiger partial charge in [0.05, 0.1) is 7.11 Å². The number of nitrogens with one attached hydrogen (secondary N) is 1. The number of nitrogens with zero attached hydrogens (tertiary/aromatic N) is 3. The molecule has 0 saturated carbocycles. The highest BCUT2D eigenvalue weighted by Gasteiger charge is 2.13. The number of ether oxygens (including phenoxy) is 1. The molecular weight excluding hydrogens is 375 g/mol. The molecule has 152 valence electrons. The molecule has 1 aromatic heterocycles. The van der Waals surface area contributed by atoms with Crippen LogP contribution in [0.4, 0.5) is 14.9 Å². The third-order valence-corrected chi connectivity index (χ3v) is 4.32. The first-order chi connectivity index (χ1) is 13.9. The van der Waals surface area contributed by atoms with Gasteiger partial charge in [-0.2, -0.15) is 4.98 Å². The molecule has 0 radical (unpaired) electrons. The van der Waals surface area contributed by atoms with Gasteiger partial charge in [0.2, 0.25) is 0 Å². The van der Waals surface area contributed by atoms with Gasteiger partial charge in [0.25, 0.3) is 5.89 Å². The predicted octanol–water partition coefficient (Wildman–Crippen LogP) is 4.67. The molecule has 0 aliphatic carbocycles. The van der Waals surface area contributed by atoms with E-state index in [1.165, 1.54) is 24.1 Å². The predicted molar refractivity (Wildman–Crippen MR) is 107 cm³/mol. The second kappa shape index (κ2) is 8.72. The average Bonchev–Trinajstić information content (AvgIpc) is 3.19. The fourth-order valence-electron chi connectivity index (χ4n) is 2.66. The van der Waals surface area contributed by atoms with Gasteiger partial charge in [-0.15, -0.1) is 0 Å². The minimum atomic E-state index is -0.462. The van der Waals surface area contributed by atoms with E-state index in [4.69, 9.17) is 9.26 Å². The van der Waals surface area contributed by atoms with Gasteiger partial charge in [-0.25, -0.2) is 9.18 Å². The second-order valence-corrected chi connectivity index (χ2v) is 6.94. The molecule has 3 rings (SSSR count). The number of hydrogen-bond donors (Lipinski definition) is 1. The highest BCUT2D eigenvalue weighted by Crippen LogP contribution is 2.22. The minimum Gasteiger partial charge on any atom is -0.494 e. The van der Waals surface area contributed by atoms with Crippen molar-refractivity contribution in [3.8, 4) is 17.2 Å². The number of anilines is 1. The Morgan fingerprint density at radius 1 is 1.24 bits per heavy atom. The number of aromatic nitrogens is 2. The monoisotopic (exact) mass is 398 g/mol. The number of hydrogen-bond acceptors (Lipinski definition) is 5. The third kappa shape index (κ3) is 4.90. The van der Waals surface area contributed by atoms with Crippen molar-refractivity contribution in [1.29, 1.82) is 0 Å². The van der Waals surface area contributed by atoms with Crippen molar-refractivity contribution in [2.75, 3.05) is 19.5 Å². The number of urea groups is 1. The van der Waals surface area contributed by atoms with E-state index in [9.17, 15) is 9.18 Å². The number of carbonyl (C=O) groups excluding carboxylic acids is 1. The van der Waals surface area contributed by atoms with Crippen molar-refractivity contribution < 1.29 is 18.4 Å². The van der Waals surface area contributed by atoms with Crippen molar-refractivity contribution in [1.82, 2.24) is 15.0 Å². The Morgan fingerprint density at radius 3 is 2.55 bits per heavy atom. The van der Waals surface area contributed by atoms with Crippen LogP contribution in [-0.2, 0) is 6.54 Å². The Morgan fingerprint density at radius 2 is 1.97 bits per heavy atom. The van der Waals surface area contributed by atoms with Crippen LogP contribution in [0.15, 0.2) is 47.0 Å². The van der Waals surface area contributed by atoms with Gasteiger partial charge in [0.1, 0.15) is 0 Å². The van der Waals surface area contributed by atoms with E-state index in [1.807, 2.05) is 13.8 Å². The lowest BCUT2D eigenvalue weighted by atomic mass is 10.2. The number of halogens is 1. The van der Waals surface area contributed by atoms with Gasteiger partial charge in [0.15, 0.2) is 17.4 Å². The van der Waals surface area contributed by atoms with Crippen LogP contribution in [0.5, 0.6) is 5.75 Å². The van der Waals surface area contributed by atoms with Gasteiger partial charge in [-0.05, 0) is 42.0 Å². The number of benzene rings is 2. The van der Waals surface area contributed by atoms with Gasteiger partial charge < -0.3 is 19.5 Å². The lowest BCUT2D eigenvalue weighted by molar-refractivity contribution is 0.220. The van der Waals surface area contributed by atoms with Crippen LogP contribution in [0, 0.1) is 5.82 Å². The fraction of sp³-hybridized carbons (Fsp3) is 0.286. The van der Waals surface area contributed by atoms with Crippen LogP contribution in [0.25, 0.3) is 11.5 Å². The number of carbonyl (C=O) groups is 1. The van der Waals surface area contributed by atoms with Crippen molar-refractivity contribution in [3.05, 3.63) is 59.7 Å². The Kier molecular flexibility index (Phi) is 6.11. The van der Waals surface area contributed by atoms with Crippen LogP contribution < -0.4 is 10.1 Å². The summed E-state index contributed by atoms with van der Waals surface area (Å²) in [5.41, 5.74) is 2.05. The summed E-state index contributed by atoms with van der Waals surface area (Å²) in [6.45, 7) is 4.24. The van der Waals surface area contributed by atoms with Gasteiger partial charge in [-0.3, -0.25) is 0 Å². The van der Waals surface area contributed by atoms with Crippen LogP contribution in [-0.4, -0.2) is 35.2 Å². The highest BCUT2D eigenvalue weighted by molar-refractivity contribution is 5.89. The Labute approximate surface area is 168 Å². The molecule has 7 nitrogen and oxygen atoms in total. The first-order valence-corrected chi connectivity index (χ1v) is 9.16. The van der Waals surface area contributed by atoms with E-state index in [2.05, 4.69) is 15.5 Å². The summed E-state index contributed by atoms with van der Waals surface area (Å²) >= 11 is 0. The van der Waals surface area contributed by atoms with Gasteiger partial charge >= 0.3 is 6.03 Å². The van der Waals surface area contributed by atoms with Crippen LogP contribution >= 0.6 is 0 Å². The molecule has 0 unspecified atom stereocenters. The standard InChI is InChI=1S/C21H23FN4O3/c1-13(2)19-24-20(29-25-19)15-6-8-16(9-7-15)23-21(27)26(3)12-14-5-10-18(28-4)17(22)11-14/h5-11,13H,12H2,1-4H3,(H,23,27). The first kappa shape index (κ1) is 20.3. The molecule has 0 aliphatic rings. The molecule has 1 heterocycles. The van der Waals surface area contributed by atoms with E-state index >= 15 is 0 Å². The topological polar surface area (TPSA) is 80.5 Å². The smallest absolute Gasteiger partial charge is 0.321 e. The summed E-state index contributed by atoms with van der Waals surface area (Å²) in [6.07, 6.45) is 0. The van der Waals surface area contributed by atoms with Crippen molar-refractivity contribution in [3.63, 3.8) is 0 Å². The Balaban J connectivity index is 1.61. The van der Waals surface area contributed by atoms with Crippen molar-refractivity contribution in [2.45, 2.75) is 26.3 Å². The minimum absolute atomic E-state index is 0.169. The summed E-state index contributed by atoms with van der Waals surface area (Å²) in [5, 5.41) is 6.75. The van der Waals surface area contributed by atoms with Crippen molar-refractivity contribution in [2.24, 2.45) is 0 Å². The van der Waals surface area contributed by atoms with E-state index in [1.54, 1.807) is 37.4 Å². The Bertz CT molecular complexity index is 986. The lowest BCUT2D eigenvalue weighted by Gasteiger charge is -2.18. The van der Waals surface area contributed by atoms with E-state index in [-0.39, 0.29) is 24.2 Å². The zero-order valence-electron chi connectivity index (χ0n) is 16.8. The summed E-state index contributed by atoms with van der Waals surface area (Å²) < 4.78 is 24.0. The first-order valence-electron chi connectivity index (χ1n) is 9.16. The summed E-state index contributed by atoms with van der Waals surface area (Å²) in [5.74, 6) is 0.971. The average molecular weight is 398 g/mol. The van der Waals surface area contributed by atoms with Crippen LogP contribution in [0.3, 0.4) is 0 Å². The normalized spacial score (nSPS) is 10.8. The zero-order valence-corrected chi connectivity index (χ0v) is 16.8. The van der Waals surface area contributed by atoms with E-state index < -0.39 is 5.82 Å². The molecule has 3 aromatic rings. The molecule has 1 N–H and O–H groups in total. The molecule has 2 amide bonds. The number of amides is 2. The molecule has 0 aliphatic heterocycles. The number of methoxy groups -OCH3 is 1. The SMILES string of the molecule is COc1ccc(CN(C)C(=O)Nc2ccc(-c3nc(C(C)C)no3)cc2)cc1F. The van der Waals surface area contributed by atoms with Crippen LogP contribution in [0.1, 0.15) is 31.2 Å². The quantitative estimate of drug-likeness (QED) is 0.653. The summed E-state index contributed by atoms with van der Waals surface area (Å²) in [4.78, 5) is 18.2. The molecule has 0 atom stereocenters. The third-order valence-electron chi connectivity index (χ3n) is 4.32. The maximum Gasteiger partial charge on any atom is 0.321 e. The van der Waals surface area contributed by atoms with Crippen LogP contribution in [0.2, 0.25) is 0 Å². The largest absolute Gasteiger partial charge is 0.494 e. The lowest BCUT2D eigenvalue weighted by Crippen LogP contribution is -2.30. The molecule has 0 bridgehead atoms. The number of rotatable bonds is 6. The molecule has 8 heteroatoms. The molecular formula is C21H23FN4O3. The molecule has 29 heavy (non-hydrogen) atoms. The highest BCUT2D eigenvalue weighted by atomic mass is 19.1. The van der Waals surface area contributed by atoms with E-state index in [0.29, 0.717) is 23.0 Å². The maximum atomic E-state index is 13.8. The van der Waals surface area contributed by atoms with Crippen molar-refractivity contribution >= 4 is 11.7 Å².